The van der Waals surface area contributed by atoms with Crippen molar-refractivity contribution in [1.82, 2.24) is 4.90 Å². The van der Waals surface area contributed by atoms with Crippen molar-refractivity contribution in [1.29, 1.82) is 0 Å². The molecule has 0 aromatic heterocycles. The Kier molecular flexibility index (Phi) is 13.1. The van der Waals surface area contributed by atoms with E-state index in [0.29, 0.717) is 22.6 Å². The van der Waals surface area contributed by atoms with Crippen molar-refractivity contribution >= 4 is 41.9 Å². The van der Waals surface area contributed by atoms with Gasteiger partial charge in [0.05, 0.1) is 18.8 Å². The van der Waals surface area contributed by atoms with Crippen LogP contribution >= 0.6 is 15.9 Å². The normalized spacial score (nSPS) is 16.2. The Bertz CT molecular complexity index is 2070. The molecule has 0 unspecified atom stereocenters. The highest BCUT2D eigenvalue weighted by Gasteiger charge is 2.46. The molecule has 5 aromatic carbocycles. The fourth-order valence-electron chi connectivity index (χ4n) is 6.29. The third-order valence-electron chi connectivity index (χ3n) is 10.4. The minimum absolute atomic E-state index is 0.00546. The van der Waals surface area contributed by atoms with E-state index in [4.69, 9.17) is 18.6 Å². The first kappa shape index (κ1) is 40.8. The number of rotatable bonds is 15. The van der Waals surface area contributed by atoms with E-state index in [1.807, 2.05) is 109 Å². The fraction of sp³-hybridized carbons (Fsp3) is 0.289. The van der Waals surface area contributed by atoms with Crippen molar-refractivity contribution in [2.75, 3.05) is 18.5 Å². The third kappa shape index (κ3) is 9.94. The largest absolute Gasteiger partial charge is 0.488 e. The SMILES string of the molecule is CC(C)(C)[Si](C)(C)O[C@@H](CO[C@@H](C(=O)N1C(=O)OC[C@@H]1c1ccccc1)[C@H](Nc1ccccc1)c1ccc(Br)cc1OCc1ccccc1)c1ccc(F)cc1. The maximum atomic E-state index is 15.3. The highest BCUT2D eigenvalue weighted by Crippen LogP contribution is 2.42. The van der Waals surface area contributed by atoms with Gasteiger partial charge in [-0.2, -0.15) is 0 Å². The summed E-state index contributed by atoms with van der Waals surface area (Å²) < 4.78 is 40.9. The van der Waals surface area contributed by atoms with Crippen molar-refractivity contribution in [3.8, 4) is 5.75 Å². The van der Waals surface area contributed by atoms with Crippen LogP contribution in [0, 0.1) is 5.82 Å². The van der Waals surface area contributed by atoms with Gasteiger partial charge in [0.15, 0.2) is 14.4 Å². The van der Waals surface area contributed by atoms with Gasteiger partial charge < -0.3 is 24.0 Å². The van der Waals surface area contributed by atoms with Gasteiger partial charge in [-0.05, 0) is 71.2 Å². The number of para-hydroxylation sites is 1. The zero-order chi connectivity index (χ0) is 39.9. The number of cyclic esters (lactones) is 1. The Balaban J connectivity index is 1.47. The standard InChI is InChI=1S/C45H48BrFN2O6Si/c1-45(2,3)56(4,5)55-40(33-21-24-35(47)25-22-33)30-53-42(43(50)49-38(29-54-44(49)51)32-17-11-7-12-18-32)41(48-36-19-13-8-14-20-36)37-26-23-34(46)27-39(37)52-28-31-15-9-6-10-16-31/h6-27,38,40-42,48H,28-30H2,1-5H3/t38-,40+,41-,42-/m1/s1. The number of benzene rings is 5. The zero-order valence-corrected chi connectivity index (χ0v) is 34.9. The number of carbonyl (C=O) groups is 2. The number of nitrogens with one attached hydrogen (secondary N) is 1. The van der Waals surface area contributed by atoms with Crippen molar-refractivity contribution in [3.05, 3.63) is 166 Å². The molecule has 11 heteroatoms. The van der Waals surface area contributed by atoms with E-state index in [1.54, 1.807) is 12.1 Å². The van der Waals surface area contributed by atoms with Crippen LogP contribution in [0.3, 0.4) is 0 Å². The summed E-state index contributed by atoms with van der Waals surface area (Å²) in [6.45, 7) is 10.9. The molecule has 1 aliphatic heterocycles. The molecule has 0 radical (unpaired) electrons. The summed E-state index contributed by atoms with van der Waals surface area (Å²) in [6.07, 6.45) is -2.75. The summed E-state index contributed by atoms with van der Waals surface area (Å²) in [5.74, 6) is -0.468. The number of carbonyl (C=O) groups excluding carboxylic acids is 2. The average molecular weight is 840 g/mol. The van der Waals surface area contributed by atoms with E-state index in [1.165, 1.54) is 12.1 Å². The monoisotopic (exact) mass is 838 g/mol. The Morgan fingerprint density at radius 1 is 0.911 bits per heavy atom. The number of ether oxygens (including phenoxy) is 3. The van der Waals surface area contributed by atoms with Crippen LogP contribution in [-0.2, 0) is 25.3 Å². The van der Waals surface area contributed by atoms with E-state index >= 15 is 4.79 Å². The molecule has 8 nitrogen and oxygen atoms in total. The van der Waals surface area contributed by atoms with Gasteiger partial charge in [-0.1, -0.05) is 134 Å². The first-order valence-corrected chi connectivity index (χ1v) is 22.4. The van der Waals surface area contributed by atoms with Gasteiger partial charge in [-0.15, -0.1) is 0 Å². The predicted molar refractivity (Wildman–Crippen MR) is 222 cm³/mol. The summed E-state index contributed by atoms with van der Waals surface area (Å²) in [4.78, 5) is 30.0. The Morgan fingerprint density at radius 2 is 1.54 bits per heavy atom. The number of anilines is 1. The second-order valence-corrected chi connectivity index (χ2v) is 21.0. The number of halogens is 2. The van der Waals surface area contributed by atoms with E-state index < -0.39 is 44.6 Å². The topological polar surface area (TPSA) is 86.3 Å². The number of amides is 2. The molecule has 1 N–H and O–H groups in total. The Morgan fingerprint density at radius 3 is 2.18 bits per heavy atom. The van der Waals surface area contributed by atoms with Crippen LogP contribution in [-0.4, -0.2) is 44.5 Å². The summed E-state index contributed by atoms with van der Waals surface area (Å²) in [6, 6.07) is 38.8. The number of imide groups is 1. The van der Waals surface area contributed by atoms with E-state index in [0.717, 1.165) is 20.5 Å². The van der Waals surface area contributed by atoms with Crippen molar-refractivity contribution in [2.45, 2.75) is 69.8 Å². The van der Waals surface area contributed by atoms with Crippen molar-refractivity contribution in [3.63, 3.8) is 0 Å². The van der Waals surface area contributed by atoms with Crippen LogP contribution in [0.15, 0.2) is 138 Å². The third-order valence-corrected chi connectivity index (χ3v) is 15.4. The second-order valence-electron chi connectivity index (χ2n) is 15.3. The molecule has 292 valence electrons. The van der Waals surface area contributed by atoms with Crippen LogP contribution in [0.5, 0.6) is 5.75 Å². The van der Waals surface area contributed by atoms with Gasteiger partial charge in [0, 0.05) is 15.7 Å². The van der Waals surface area contributed by atoms with Crippen LogP contribution in [0.25, 0.3) is 0 Å². The van der Waals surface area contributed by atoms with Gasteiger partial charge in [-0.25, -0.2) is 14.1 Å². The minimum atomic E-state index is -2.45. The van der Waals surface area contributed by atoms with E-state index in [9.17, 15) is 9.18 Å². The summed E-state index contributed by atoms with van der Waals surface area (Å²) >= 11 is 3.62. The minimum Gasteiger partial charge on any atom is -0.488 e. The molecule has 56 heavy (non-hydrogen) atoms. The van der Waals surface area contributed by atoms with Crippen molar-refractivity contribution < 1.29 is 32.6 Å². The molecule has 0 bridgehead atoms. The maximum absolute atomic E-state index is 15.3. The smallest absolute Gasteiger partial charge is 0.417 e. The molecule has 2 amide bonds. The molecule has 1 saturated heterocycles. The first-order chi connectivity index (χ1) is 26.8. The molecule has 1 fully saturated rings. The highest BCUT2D eigenvalue weighted by atomic mass is 79.9. The van der Waals surface area contributed by atoms with Gasteiger partial charge in [0.1, 0.15) is 30.8 Å². The number of nitrogens with zero attached hydrogens (tertiary/aromatic N) is 1. The molecule has 1 aliphatic rings. The van der Waals surface area contributed by atoms with E-state index in [2.05, 4.69) is 55.1 Å². The highest BCUT2D eigenvalue weighted by molar-refractivity contribution is 9.10. The molecule has 0 aliphatic carbocycles. The lowest BCUT2D eigenvalue weighted by Gasteiger charge is -2.40. The van der Waals surface area contributed by atoms with Crippen LogP contribution in [0.4, 0.5) is 14.9 Å². The molecule has 1 heterocycles. The fourth-order valence-corrected chi connectivity index (χ4v) is 7.90. The Labute approximate surface area is 338 Å². The van der Waals surface area contributed by atoms with Crippen LogP contribution in [0.2, 0.25) is 18.1 Å². The predicted octanol–water partition coefficient (Wildman–Crippen LogP) is 11.2. The quantitative estimate of drug-likeness (QED) is 0.105. The van der Waals surface area contributed by atoms with E-state index in [-0.39, 0.29) is 30.7 Å². The van der Waals surface area contributed by atoms with Gasteiger partial charge >= 0.3 is 6.09 Å². The lowest BCUT2D eigenvalue weighted by Crippen LogP contribution is -2.48. The lowest BCUT2D eigenvalue weighted by atomic mass is 9.97. The van der Waals surface area contributed by atoms with Crippen molar-refractivity contribution in [2.24, 2.45) is 0 Å². The molecular formula is C45H48BrFN2O6Si. The van der Waals surface area contributed by atoms with Gasteiger partial charge in [0.25, 0.3) is 5.91 Å². The summed E-state index contributed by atoms with van der Waals surface area (Å²) in [5.41, 5.74) is 3.75. The van der Waals surface area contributed by atoms with Gasteiger partial charge in [0.2, 0.25) is 0 Å². The zero-order valence-electron chi connectivity index (χ0n) is 32.3. The Hall–Kier alpha value is -4.81. The molecule has 6 rings (SSSR count). The number of hydrogen-bond acceptors (Lipinski definition) is 7. The molecule has 4 atom stereocenters. The first-order valence-electron chi connectivity index (χ1n) is 18.7. The summed E-state index contributed by atoms with van der Waals surface area (Å²) in [7, 11) is -2.45. The lowest BCUT2D eigenvalue weighted by molar-refractivity contribution is -0.145. The number of hydrogen-bond donors (Lipinski definition) is 1. The summed E-state index contributed by atoms with van der Waals surface area (Å²) in [5, 5.41) is 3.40. The van der Waals surface area contributed by atoms with Crippen LogP contribution < -0.4 is 10.1 Å². The molecule has 5 aromatic rings. The molecule has 0 saturated carbocycles. The second kappa shape index (κ2) is 18.0. The molecular weight excluding hydrogens is 791 g/mol. The average Bonchev–Trinajstić information content (AvgIpc) is 3.58. The maximum Gasteiger partial charge on any atom is 0.417 e. The van der Waals surface area contributed by atoms with Crippen LogP contribution in [0.1, 0.15) is 61.2 Å². The molecule has 0 spiro atoms. The van der Waals surface area contributed by atoms with Gasteiger partial charge in [-0.3, -0.25) is 4.79 Å².